The van der Waals surface area contributed by atoms with Crippen LogP contribution in [0.4, 0.5) is 5.69 Å². The standard InChI is InChI=1S/C13H10N2O/c16-13-12-10(5-4-8-14-12)9-15(13)11-6-2-1-3-7-11/h1-8H,9H2. The average Bonchev–Trinajstić information content (AvgIpc) is 2.69. The molecule has 78 valence electrons. The van der Waals surface area contributed by atoms with Crippen LogP contribution in [-0.2, 0) is 6.54 Å². The molecule has 0 N–H and O–H groups in total. The highest BCUT2D eigenvalue weighted by Gasteiger charge is 2.29. The zero-order valence-corrected chi connectivity index (χ0v) is 8.63. The van der Waals surface area contributed by atoms with Gasteiger partial charge in [-0.1, -0.05) is 24.3 Å². The summed E-state index contributed by atoms with van der Waals surface area (Å²) in [4.78, 5) is 17.9. The van der Waals surface area contributed by atoms with Crippen LogP contribution in [0.2, 0.25) is 0 Å². The molecule has 0 saturated carbocycles. The molecular weight excluding hydrogens is 200 g/mol. The number of carbonyl (C=O) groups is 1. The second-order valence-electron chi connectivity index (χ2n) is 3.74. The molecule has 0 atom stereocenters. The molecule has 2 heterocycles. The van der Waals surface area contributed by atoms with Gasteiger partial charge in [0, 0.05) is 17.4 Å². The monoisotopic (exact) mass is 210 g/mol. The zero-order chi connectivity index (χ0) is 11.0. The molecule has 0 saturated heterocycles. The number of fused-ring (bicyclic) bond motifs is 1. The van der Waals surface area contributed by atoms with E-state index in [0.717, 1.165) is 11.3 Å². The van der Waals surface area contributed by atoms with Crippen molar-refractivity contribution in [1.29, 1.82) is 0 Å². The summed E-state index contributed by atoms with van der Waals surface area (Å²) in [5.74, 6) is -0.0122. The minimum Gasteiger partial charge on any atom is -0.303 e. The van der Waals surface area contributed by atoms with Crippen LogP contribution in [-0.4, -0.2) is 10.9 Å². The van der Waals surface area contributed by atoms with Gasteiger partial charge in [0.1, 0.15) is 5.69 Å². The van der Waals surface area contributed by atoms with Crippen LogP contribution < -0.4 is 4.90 Å². The van der Waals surface area contributed by atoms with E-state index in [9.17, 15) is 4.79 Å². The summed E-state index contributed by atoms with van der Waals surface area (Å²) in [5, 5.41) is 0. The maximum atomic E-state index is 12.1. The normalized spacial score (nSPS) is 14.0. The van der Waals surface area contributed by atoms with Gasteiger partial charge in [0.25, 0.3) is 5.91 Å². The van der Waals surface area contributed by atoms with Crippen molar-refractivity contribution < 1.29 is 4.79 Å². The van der Waals surface area contributed by atoms with Crippen LogP contribution in [0.15, 0.2) is 48.7 Å². The molecule has 0 bridgehead atoms. The maximum absolute atomic E-state index is 12.1. The van der Waals surface area contributed by atoms with Gasteiger partial charge in [-0.3, -0.25) is 9.78 Å². The van der Waals surface area contributed by atoms with Gasteiger partial charge in [-0.2, -0.15) is 0 Å². The number of rotatable bonds is 1. The highest BCUT2D eigenvalue weighted by molar-refractivity contribution is 6.08. The Labute approximate surface area is 93.4 Å². The van der Waals surface area contributed by atoms with Gasteiger partial charge >= 0.3 is 0 Å². The quantitative estimate of drug-likeness (QED) is 0.723. The van der Waals surface area contributed by atoms with E-state index in [-0.39, 0.29) is 5.91 Å². The largest absolute Gasteiger partial charge is 0.303 e. The van der Waals surface area contributed by atoms with Crippen molar-refractivity contribution in [1.82, 2.24) is 4.98 Å². The zero-order valence-electron chi connectivity index (χ0n) is 8.63. The molecule has 1 amide bonds. The van der Waals surface area contributed by atoms with E-state index < -0.39 is 0 Å². The lowest BCUT2D eigenvalue weighted by Crippen LogP contribution is -2.23. The van der Waals surface area contributed by atoms with Crippen LogP contribution in [0.5, 0.6) is 0 Å². The van der Waals surface area contributed by atoms with Gasteiger partial charge in [-0.05, 0) is 18.2 Å². The summed E-state index contributed by atoms with van der Waals surface area (Å²) in [6.07, 6.45) is 1.66. The first-order valence-corrected chi connectivity index (χ1v) is 5.17. The molecule has 0 aliphatic carbocycles. The Bertz CT molecular complexity index is 537. The third-order valence-corrected chi connectivity index (χ3v) is 2.74. The number of anilines is 1. The Kier molecular flexibility index (Phi) is 1.96. The Balaban J connectivity index is 2.02. The molecular formula is C13H10N2O. The number of nitrogens with zero attached hydrogens (tertiary/aromatic N) is 2. The van der Waals surface area contributed by atoms with E-state index >= 15 is 0 Å². The molecule has 1 aliphatic rings. The third-order valence-electron chi connectivity index (χ3n) is 2.74. The average molecular weight is 210 g/mol. The lowest BCUT2D eigenvalue weighted by atomic mass is 10.2. The van der Waals surface area contributed by atoms with Gasteiger partial charge in [0.15, 0.2) is 0 Å². The SMILES string of the molecule is O=C1c2ncccc2CN1c1ccccc1. The summed E-state index contributed by atoms with van der Waals surface area (Å²) < 4.78 is 0. The van der Waals surface area contributed by atoms with Crippen LogP contribution in [0.1, 0.15) is 16.1 Å². The Morgan fingerprint density at radius 1 is 1.06 bits per heavy atom. The molecule has 1 aromatic carbocycles. The molecule has 0 fully saturated rings. The Hall–Kier alpha value is -2.16. The van der Waals surface area contributed by atoms with Crippen molar-refractivity contribution in [3.8, 4) is 0 Å². The first-order valence-electron chi connectivity index (χ1n) is 5.17. The topological polar surface area (TPSA) is 33.2 Å². The summed E-state index contributed by atoms with van der Waals surface area (Å²) in [6.45, 7) is 0.617. The fourth-order valence-corrected chi connectivity index (χ4v) is 1.95. The molecule has 1 aromatic heterocycles. The first-order chi connectivity index (χ1) is 7.86. The summed E-state index contributed by atoms with van der Waals surface area (Å²) in [6, 6.07) is 13.5. The fraction of sp³-hybridized carbons (Fsp3) is 0.0769. The second-order valence-corrected chi connectivity index (χ2v) is 3.74. The molecule has 3 heteroatoms. The van der Waals surface area contributed by atoms with Gasteiger partial charge in [-0.15, -0.1) is 0 Å². The van der Waals surface area contributed by atoms with E-state index in [1.54, 1.807) is 11.1 Å². The van der Waals surface area contributed by atoms with Crippen LogP contribution in [0.25, 0.3) is 0 Å². The van der Waals surface area contributed by atoms with Crippen molar-refractivity contribution in [2.24, 2.45) is 0 Å². The predicted molar refractivity (Wildman–Crippen MR) is 61.2 cm³/mol. The lowest BCUT2D eigenvalue weighted by Gasteiger charge is -2.14. The number of benzene rings is 1. The van der Waals surface area contributed by atoms with Gasteiger partial charge in [0.05, 0.1) is 6.54 Å². The highest BCUT2D eigenvalue weighted by atomic mass is 16.2. The minimum atomic E-state index is -0.0122. The highest BCUT2D eigenvalue weighted by Crippen LogP contribution is 2.26. The van der Waals surface area contributed by atoms with Crippen molar-refractivity contribution in [3.63, 3.8) is 0 Å². The van der Waals surface area contributed by atoms with Crippen LogP contribution in [0, 0.1) is 0 Å². The van der Waals surface area contributed by atoms with Gasteiger partial charge in [-0.25, -0.2) is 0 Å². The number of amides is 1. The minimum absolute atomic E-state index is 0.0122. The Morgan fingerprint density at radius 3 is 2.62 bits per heavy atom. The number of hydrogen-bond donors (Lipinski definition) is 0. The second kappa shape index (κ2) is 3.45. The summed E-state index contributed by atoms with van der Waals surface area (Å²) in [7, 11) is 0. The van der Waals surface area contributed by atoms with Gasteiger partial charge < -0.3 is 4.90 Å². The predicted octanol–water partition coefficient (Wildman–Crippen LogP) is 2.24. The maximum Gasteiger partial charge on any atom is 0.277 e. The van der Waals surface area contributed by atoms with Crippen molar-refractivity contribution >= 4 is 11.6 Å². The fourth-order valence-electron chi connectivity index (χ4n) is 1.95. The Morgan fingerprint density at radius 2 is 1.88 bits per heavy atom. The number of hydrogen-bond acceptors (Lipinski definition) is 2. The van der Waals surface area contributed by atoms with Crippen molar-refractivity contribution in [2.75, 3.05) is 4.90 Å². The number of aromatic nitrogens is 1. The molecule has 0 spiro atoms. The molecule has 1 aliphatic heterocycles. The number of para-hydroxylation sites is 1. The molecule has 2 aromatic rings. The van der Waals surface area contributed by atoms with Crippen LogP contribution >= 0.6 is 0 Å². The first kappa shape index (κ1) is 9.09. The van der Waals surface area contributed by atoms with E-state index in [4.69, 9.17) is 0 Å². The molecule has 3 nitrogen and oxygen atoms in total. The molecule has 0 unspecified atom stereocenters. The van der Waals surface area contributed by atoms with Crippen molar-refractivity contribution in [2.45, 2.75) is 6.54 Å². The summed E-state index contributed by atoms with van der Waals surface area (Å²) in [5.41, 5.74) is 2.49. The smallest absolute Gasteiger partial charge is 0.277 e. The van der Waals surface area contributed by atoms with E-state index in [2.05, 4.69) is 4.98 Å². The van der Waals surface area contributed by atoms with Crippen LogP contribution in [0.3, 0.4) is 0 Å². The molecule has 0 radical (unpaired) electrons. The molecule has 16 heavy (non-hydrogen) atoms. The summed E-state index contributed by atoms with van der Waals surface area (Å²) >= 11 is 0. The van der Waals surface area contributed by atoms with E-state index in [1.807, 2.05) is 42.5 Å². The van der Waals surface area contributed by atoms with E-state index in [1.165, 1.54) is 0 Å². The number of pyridine rings is 1. The number of carbonyl (C=O) groups excluding carboxylic acids is 1. The third kappa shape index (κ3) is 1.29. The molecule has 3 rings (SSSR count). The van der Waals surface area contributed by atoms with Crippen molar-refractivity contribution in [3.05, 3.63) is 59.9 Å². The van der Waals surface area contributed by atoms with Gasteiger partial charge in [0.2, 0.25) is 0 Å². The lowest BCUT2D eigenvalue weighted by molar-refractivity contribution is 0.0992. The van der Waals surface area contributed by atoms with E-state index in [0.29, 0.717) is 12.2 Å².